The minimum Gasteiger partial charge on any atom is -0.477 e. The van der Waals surface area contributed by atoms with Gasteiger partial charge in [0.2, 0.25) is 6.10 Å². The molecule has 5 N–H and O–H groups in total. The van der Waals surface area contributed by atoms with Crippen LogP contribution < -0.4 is 20.9 Å². The highest BCUT2D eigenvalue weighted by Gasteiger charge is 2.54. The largest absolute Gasteiger partial charge is 0.477 e. The molecule has 2 aromatic heterocycles. The topological polar surface area (TPSA) is 180 Å². The first-order valence-corrected chi connectivity index (χ1v) is 13.1. The van der Waals surface area contributed by atoms with E-state index in [9.17, 15) is 24.3 Å². The van der Waals surface area contributed by atoms with Crippen LogP contribution in [0, 0.1) is 0 Å². The first kappa shape index (κ1) is 24.7. The summed E-state index contributed by atoms with van der Waals surface area (Å²) >= 11 is 2.45. The summed E-state index contributed by atoms with van der Waals surface area (Å²) in [6.07, 6.45) is 3.16. The number of anilines is 1. The van der Waals surface area contributed by atoms with Crippen molar-refractivity contribution in [2.24, 2.45) is 5.16 Å². The van der Waals surface area contributed by atoms with E-state index in [2.05, 4.69) is 20.8 Å². The number of rotatable bonds is 8. The lowest BCUT2D eigenvalue weighted by Crippen LogP contribution is -2.71. The molecular formula is C22H22N7O6S2+. The number of hydrogen-bond donors (Lipinski definition) is 4. The fourth-order valence-corrected chi connectivity index (χ4v) is 6.05. The monoisotopic (exact) mass is 544 g/mol. The molecule has 3 aliphatic heterocycles. The highest BCUT2D eigenvalue weighted by molar-refractivity contribution is 8.00. The SMILES string of the molecule is Nc1nc(/C(=N\OC2CCNC2=O)C(=O)N[C@@H]2C(=O)N3C(C(=O)O)=C(C[n+]4ccccc4)CS[C@H]23)cs1. The maximum absolute atomic E-state index is 13.2. The molecule has 0 aliphatic carbocycles. The van der Waals surface area contributed by atoms with Gasteiger partial charge in [-0.2, -0.15) is 0 Å². The van der Waals surface area contributed by atoms with Gasteiger partial charge in [-0.1, -0.05) is 11.2 Å². The van der Waals surface area contributed by atoms with Gasteiger partial charge in [0.1, 0.15) is 22.8 Å². The second-order valence-corrected chi connectivity index (χ2v) is 10.3. The Balaban J connectivity index is 1.34. The van der Waals surface area contributed by atoms with Crippen LogP contribution in [0.15, 0.2) is 52.4 Å². The van der Waals surface area contributed by atoms with E-state index in [0.29, 0.717) is 30.8 Å². The molecule has 192 valence electrons. The van der Waals surface area contributed by atoms with Gasteiger partial charge in [-0.05, 0) is 0 Å². The van der Waals surface area contributed by atoms with Crippen LogP contribution in [0.2, 0.25) is 0 Å². The molecule has 0 saturated carbocycles. The zero-order chi connectivity index (χ0) is 26.1. The summed E-state index contributed by atoms with van der Waals surface area (Å²) < 4.78 is 1.83. The number of hydrogen-bond acceptors (Lipinski definition) is 10. The second-order valence-electron chi connectivity index (χ2n) is 8.35. The van der Waals surface area contributed by atoms with Gasteiger partial charge in [0.05, 0.1) is 0 Å². The molecule has 2 aromatic rings. The number of carbonyl (C=O) groups is 4. The first-order chi connectivity index (χ1) is 17.8. The van der Waals surface area contributed by atoms with E-state index >= 15 is 0 Å². The number of oxime groups is 1. The van der Waals surface area contributed by atoms with Crippen LogP contribution in [0.1, 0.15) is 12.1 Å². The van der Waals surface area contributed by atoms with Crippen molar-refractivity contribution in [3.63, 3.8) is 0 Å². The molecule has 0 bridgehead atoms. The molecule has 3 aliphatic rings. The molecule has 1 unspecified atom stereocenters. The van der Waals surface area contributed by atoms with Gasteiger partial charge in [-0.15, -0.1) is 23.1 Å². The van der Waals surface area contributed by atoms with E-state index in [0.717, 1.165) is 11.3 Å². The van der Waals surface area contributed by atoms with Crippen molar-refractivity contribution in [2.75, 3.05) is 18.0 Å². The van der Waals surface area contributed by atoms with Crippen LogP contribution in [-0.2, 0) is 30.6 Å². The van der Waals surface area contributed by atoms with E-state index in [4.69, 9.17) is 10.6 Å². The van der Waals surface area contributed by atoms with Crippen LogP contribution in [0.25, 0.3) is 0 Å². The summed E-state index contributed by atoms with van der Waals surface area (Å²) in [5, 5.41) is 20.1. The zero-order valence-corrected chi connectivity index (χ0v) is 20.8. The van der Waals surface area contributed by atoms with Crippen molar-refractivity contribution >= 4 is 57.6 Å². The van der Waals surface area contributed by atoms with Crippen LogP contribution in [-0.4, -0.2) is 74.2 Å². The number of nitrogens with zero attached hydrogens (tertiary/aromatic N) is 4. The summed E-state index contributed by atoms with van der Waals surface area (Å²) in [5.74, 6) is -2.49. The molecule has 13 nitrogen and oxygen atoms in total. The number of nitrogens with two attached hydrogens (primary N) is 1. The van der Waals surface area contributed by atoms with E-state index < -0.39 is 35.3 Å². The predicted molar refractivity (Wildman–Crippen MR) is 132 cm³/mol. The Kier molecular flexibility index (Phi) is 6.80. The Labute approximate surface area is 218 Å². The summed E-state index contributed by atoms with van der Waals surface area (Å²) in [7, 11) is 0. The van der Waals surface area contributed by atoms with Crippen molar-refractivity contribution in [1.82, 2.24) is 20.5 Å². The molecule has 37 heavy (non-hydrogen) atoms. The van der Waals surface area contributed by atoms with Crippen molar-refractivity contribution < 1.29 is 33.7 Å². The minimum absolute atomic E-state index is 0.0765. The van der Waals surface area contributed by atoms with Gasteiger partial charge in [0, 0.05) is 41.8 Å². The Hall–Kier alpha value is -3.98. The van der Waals surface area contributed by atoms with Crippen LogP contribution in [0.5, 0.6) is 0 Å². The number of carboxylic acids is 1. The second kappa shape index (κ2) is 10.2. The van der Waals surface area contributed by atoms with Gasteiger partial charge in [0.25, 0.3) is 17.7 Å². The maximum Gasteiger partial charge on any atom is 0.352 e. The summed E-state index contributed by atoms with van der Waals surface area (Å²) in [5.41, 5.74) is 6.11. The summed E-state index contributed by atoms with van der Waals surface area (Å²) in [6, 6.07) is 4.54. The number of aliphatic carboxylic acids is 1. The Morgan fingerprint density at radius 3 is 2.76 bits per heavy atom. The fraction of sp³-hybridized carbons (Fsp3) is 0.318. The zero-order valence-electron chi connectivity index (χ0n) is 19.2. The number of amides is 3. The molecule has 2 fully saturated rings. The number of nitrogen functional groups attached to an aromatic ring is 1. The molecule has 15 heteroatoms. The number of aromatic nitrogens is 2. The smallest absolute Gasteiger partial charge is 0.352 e. The van der Waals surface area contributed by atoms with Gasteiger partial charge in [-0.25, -0.2) is 14.3 Å². The van der Waals surface area contributed by atoms with Crippen molar-refractivity contribution in [3.8, 4) is 0 Å². The summed E-state index contributed by atoms with van der Waals surface area (Å²) in [6.45, 7) is 0.747. The summed E-state index contributed by atoms with van der Waals surface area (Å²) in [4.78, 5) is 60.7. The number of pyridine rings is 1. The molecule has 0 aromatic carbocycles. The molecule has 3 atom stereocenters. The molecule has 2 saturated heterocycles. The molecule has 5 heterocycles. The van der Waals surface area contributed by atoms with E-state index in [1.54, 1.807) is 0 Å². The molecule has 5 rings (SSSR count). The Morgan fingerprint density at radius 2 is 2.11 bits per heavy atom. The average molecular weight is 545 g/mol. The van der Waals surface area contributed by atoms with Crippen molar-refractivity contribution in [1.29, 1.82) is 0 Å². The number of carboxylic acid groups (broad SMARTS) is 1. The quantitative estimate of drug-likeness (QED) is 0.141. The lowest BCUT2D eigenvalue weighted by atomic mass is 10.0. The third kappa shape index (κ3) is 4.86. The van der Waals surface area contributed by atoms with Crippen LogP contribution in [0.4, 0.5) is 5.13 Å². The number of nitrogens with one attached hydrogen (secondary N) is 2. The highest BCUT2D eigenvalue weighted by atomic mass is 32.2. The Morgan fingerprint density at radius 1 is 1.32 bits per heavy atom. The third-order valence-electron chi connectivity index (χ3n) is 5.94. The maximum atomic E-state index is 13.2. The van der Waals surface area contributed by atoms with Gasteiger partial charge in [0.15, 0.2) is 29.8 Å². The normalized spacial score (nSPS) is 23.3. The highest BCUT2D eigenvalue weighted by Crippen LogP contribution is 2.40. The third-order valence-corrected chi connectivity index (χ3v) is 7.95. The molecule has 0 radical (unpaired) electrons. The van der Waals surface area contributed by atoms with E-state index in [1.807, 2.05) is 35.2 Å². The van der Waals surface area contributed by atoms with Gasteiger partial charge in [-0.3, -0.25) is 19.3 Å². The van der Waals surface area contributed by atoms with E-state index in [-0.39, 0.29) is 28.1 Å². The van der Waals surface area contributed by atoms with Crippen molar-refractivity contribution in [3.05, 3.63) is 52.9 Å². The number of thioether (sulfide) groups is 1. The predicted octanol–water partition coefficient (Wildman–Crippen LogP) is -0.939. The standard InChI is InChI=1S/C22H21N7O6S2/c23-22-25-12(10-37-22)14(27-35-13-4-5-24-17(13)30)18(31)26-15-19(32)29-16(21(33)34)11(9-36-20(15)29)8-28-6-2-1-3-7-28/h1-3,6-7,10,13,15,20H,4-5,8-9H2,(H4-,23,24,25,26,30,31,33,34)/p+1/b27-14+/t13?,15-,20-/m1/s1. The Bertz CT molecular complexity index is 1330. The number of fused-ring (bicyclic) bond motifs is 1. The minimum atomic E-state index is -1.21. The molecular weight excluding hydrogens is 522 g/mol. The lowest BCUT2D eigenvalue weighted by molar-refractivity contribution is -0.689. The van der Waals surface area contributed by atoms with Gasteiger partial charge < -0.3 is 26.3 Å². The van der Waals surface area contributed by atoms with Crippen LogP contribution >= 0.6 is 23.1 Å². The van der Waals surface area contributed by atoms with Crippen LogP contribution in [0.3, 0.4) is 0 Å². The van der Waals surface area contributed by atoms with Gasteiger partial charge >= 0.3 is 5.97 Å². The number of carbonyl (C=O) groups excluding carboxylic acids is 3. The molecule has 0 spiro atoms. The average Bonchev–Trinajstić information content (AvgIpc) is 3.50. The lowest BCUT2D eigenvalue weighted by Gasteiger charge is -2.49. The number of thiazole rings is 1. The van der Waals surface area contributed by atoms with E-state index in [1.165, 1.54) is 22.0 Å². The molecule has 3 amide bonds. The van der Waals surface area contributed by atoms with Crippen molar-refractivity contribution in [2.45, 2.75) is 30.5 Å². The first-order valence-electron chi connectivity index (χ1n) is 11.2. The number of β-lactam (4-membered cyclic amide) rings is 1. The fourth-order valence-electron chi connectivity index (χ4n) is 4.16.